The van der Waals surface area contributed by atoms with Gasteiger partial charge in [0.25, 0.3) is 0 Å². The van der Waals surface area contributed by atoms with Gasteiger partial charge in [-0.15, -0.1) is 0 Å². The molecule has 0 spiro atoms. The molecule has 1 aromatic rings. The molecule has 0 unspecified atom stereocenters. The van der Waals surface area contributed by atoms with Crippen molar-refractivity contribution < 1.29 is 28.2 Å². The molecule has 0 saturated carbocycles. The summed E-state index contributed by atoms with van der Waals surface area (Å²) in [5.41, 5.74) is 1.82. The fourth-order valence-electron chi connectivity index (χ4n) is 5.25. The van der Waals surface area contributed by atoms with E-state index in [-0.39, 0.29) is 24.6 Å². The fraction of sp³-hybridized carbons (Fsp3) is 0.741. The second kappa shape index (κ2) is 12.0. The van der Waals surface area contributed by atoms with E-state index in [2.05, 4.69) is 41.5 Å². The minimum Gasteiger partial charge on any atom is -0.497 e. The first kappa shape index (κ1) is 28.8. The Kier molecular flexibility index (Phi) is 10.2. The number of esters is 1. The molecule has 0 bridgehead atoms. The van der Waals surface area contributed by atoms with Crippen LogP contribution >= 0.6 is 0 Å². The molecule has 1 saturated heterocycles. The molecule has 1 aromatic carbocycles. The molecule has 1 fully saturated rings. The van der Waals surface area contributed by atoms with Gasteiger partial charge in [0.05, 0.1) is 32.3 Å². The van der Waals surface area contributed by atoms with E-state index in [0.717, 1.165) is 11.3 Å². The quantitative estimate of drug-likeness (QED) is 0.263. The van der Waals surface area contributed by atoms with Crippen LogP contribution in [0, 0.1) is 0 Å². The molecule has 7 heteroatoms. The highest BCUT2D eigenvalue weighted by molar-refractivity contribution is 6.77. The Morgan fingerprint density at radius 3 is 1.97 bits per heavy atom. The Labute approximate surface area is 207 Å². The van der Waals surface area contributed by atoms with Gasteiger partial charge in [-0.2, -0.15) is 0 Å². The molecular weight excluding hydrogens is 448 g/mol. The minimum absolute atomic E-state index is 0.170. The van der Waals surface area contributed by atoms with Gasteiger partial charge in [-0.25, -0.2) is 0 Å². The molecule has 0 aromatic heterocycles. The Hall–Kier alpha value is -1.41. The van der Waals surface area contributed by atoms with Crippen molar-refractivity contribution in [1.29, 1.82) is 0 Å². The predicted molar refractivity (Wildman–Crippen MR) is 138 cm³/mol. The molecule has 0 radical (unpaired) electrons. The van der Waals surface area contributed by atoms with Crippen LogP contribution in [0.2, 0.25) is 16.6 Å². The standard InChI is InChI=1S/C27H46O6Si/c1-18(2)34(19(3)4,20(5)6)30-17-24-15-23(16-25(28)33-27(7,8)9)31-26(32-24)21-11-13-22(29-10)14-12-21/h11-14,18-20,23-24,26H,15-17H2,1-10H3/t23-,24+,26+/m1/s1. The molecule has 0 amide bonds. The van der Waals surface area contributed by atoms with Crippen molar-refractivity contribution in [2.75, 3.05) is 13.7 Å². The molecular formula is C27H46O6Si. The van der Waals surface area contributed by atoms with Crippen molar-refractivity contribution in [3.8, 4) is 5.75 Å². The van der Waals surface area contributed by atoms with Crippen LogP contribution in [0.15, 0.2) is 24.3 Å². The average Bonchev–Trinajstić information content (AvgIpc) is 2.72. The number of methoxy groups -OCH3 is 1. The topological polar surface area (TPSA) is 63.2 Å². The molecule has 1 aliphatic rings. The van der Waals surface area contributed by atoms with Gasteiger partial charge in [0.15, 0.2) is 14.6 Å². The smallest absolute Gasteiger partial charge is 0.308 e. The van der Waals surface area contributed by atoms with E-state index in [0.29, 0.717) is 29.7 Å². The third-order valence-electron chi connectivity index (χ3n) is 6.59. The second-order valence-electron chi connectivity index (χ2n) is 11.3. The van der Waals surface area contributed by atoms with Gasteiger partial charge in [-0.05, 0) is 49.5 Å². The third-order valence-corrected chi connectivity index (χ3v) is 12.7. The zero-order valence-electron chi connectivity index (χ0n) is 22.8. The number of hydrogen-bond acceptors (Lipinski definition) is 6. The van der Waals surface area contributed by atoms with E-state index < -0.39 is 20.2 Å². The van der Waals surface area contributed by atoms with Gasteiger partial charge >= 0.3 is 5.97 Å². The Balaban J connectivity index is 2.22. The first-order chi connectivity index (χ1) is 15.8. The van der Waals surface area contributed by atoms with E-state index in [1.165, 1.54) is 0 Å². The number of carbonyl (C=O) groups is 1. The van der Waals surface area contributed by atoms with Crippen LogP contribution in [0.3, 0.4) is 0 Å². The lowest BCUT2D eigenvalue weighted by Crippen LogP contribution is -2.50. The highest BCUT2D eigenvalue weighted by atomic mass is 28.4. The summed E-state index contributed by atoms with van der Waals surface area (Å²) in [5, 5.41) is 0. The number of carbonyl (C=O) groups excluding carboxylic acids is 1. The molecule has 6 nitrogen and oxygen atoms in total. The lowest BCUT2D eigenvalue weighted by atomic mass is 10.1. The normalized spacial score (nSPS) is 21.9. The van der Waals surface area contributed by atoms with Crippen LogP contribution in [-0.2, 0) is 23.4 Å². The van der Waals surface area contributed by atoms with Crippen molar-refractivity contribution in [2.24, 2.45) is 0 Å². The summed E-state index contributed by atoms with van der Waals surface area (Å²) in [6.45, 7) is 19.8. The van der Waals surface area contributed by atoms with E-state index in [9.17, 15) is 4.79 Å². The van der Waals surface area contributed by atoms with Crippen LogP contribution in [0.1, 0.15) is 87.0 Å². The summed E-state index contributed by atoms with van der Waals surface area (Å²) >= 11 is 0. The minimum atomic E-state index is -2.04. The van der Waals surface area contributed by atoms with Crippen LogP contribution in [0.5, 0.6) is 5.75 Å². The molecule has 0 N–H and O–H groups in total. The van der Waals surface area contributed by atoms with Crippen molar-refractivity contribution in [2.45, 2.75) is 116 Å². The maximum absolute atomic E-state index is 12.6. The SMILES string of the molecule is COc1ccc([C@@H]2O[C@H](CO[Si](C(C)C)(C(C)C)C(C)C)C[C@H](CC(=O)OC(C)(C)C)O2)cc1. The van der Waals surface area contributed by atoms with Crippen LogP contribution < -0.4 is 4.74 Å². The number of benzene rings is 1. The van der Waals surface area contributed by atoms with Gasteiger partial charge in [-0.1, -0.05) is 53.7 Å². The van der Waals surface area contributed by atoms with Gasteiger partial charge < -0.3 is 23.4 Å². The Morgan fingerprint density at radius 2 is 1.50 bits per heavy atom. The van der Waals surface area contributed by atoms with Crippen molar-refractivity contribution in [1.82, 2.24) is 0 Å². The second-order valence-corrected chi connectivity index (χ2v) is 16.7. The van der Waals surface area contributed by atoms with Crippen molar-refractivity contribution in [3.63, 3.8) is 0 Å². The maximum Gasteiger partial charge on any atom is 0.308 e. The van der Waals surface area contributed by atoms with Gasteiger partial charge in [0.1, 0.15) is 11.4 Å². The van der Waals surface area contributed by atoms with Crippen molar-refractivity contribution >= 4 is 14.3 Å². The van der Waals surface area contributed by atoms with E-state index in [4.69, 9.17) is 23.4 Å². The summed E-state index contributed by atoms with van der Waals surface area (Å²) < 4.78 is 30.3. The number of ether oxygens (including phenoxy) is 4. The summed E-state index contributed by atoms with van der Waals surface area (Å²) in [7, 11) is -0.400. The highest BCUT2D eigenvalue weighted by Crippen LogP contribution is 2.43. The van der Waals surface area contributed by atoms with E-state index >= 15 is 0 Å². The molecule has 0 aliphatic carbocycles. The lowest BCUT2D eigenvalue weighted by Gasteiger charge is -2.44. The average molecular weight is 495 g/mol. The van der Waals surface area contributed by atoms with Gasteiger partial charge in [-0.3, -0.25) is 4.79 Å². The third kappa shape index (κ3) is 7.54. The monoisotopic (exact) mass is 494 g/mol. The molecule has 34 heavy (non-hydrogen) atoms. The van der Waals surface area contributed by atoms with Gasteiger partial charge in [0.2, 0.25) is 0 Å². The first-order valence-corrected chi connectivity index (χ1v) is 14.7. The summed E-state index contributed by atoms with van der Waals surface area (Å²) in [6.07, 6.45) is -0.280. The van der Waals surface area contributed by atoms with Crippen LogP contribution in [0.4, 0.5) is 0 Å². The Morgan fingerprint density at radius 1 is 0.971 bits per heavy atom. The maximum atomic E-state index is 12.6. The summed E-state index contributed by atoms with van der Waals surface area (Å²) in [4.78, 5) is 12.6. The molecule has 1 heterocycles. The summed E-state index contributed by atoms with van der Waals surface area (Å²) in [5.74, 6) is 0.508. The zero-order chi connectivity index (χ0) is 25.7. The lowest BCUT2D eigenvalue weighted by molar-refractivity contribution is -0.254. The largest absolute Gasteiger partial charge is 0.497 e. The van der Waals surface area contributed by atoms with E-state index in [1.54, 1.807) is 7.11 Å². The number of hydrogen-bond donors (Lipinski definition) is 0. The van der Waals surface area contributed by atoms with E-state index in [1.807, 2.05) is 45.0 Å². The van der Waals surface area contributed by atoms with Crippen LogP contribution in [-0.4, -0.2) is 45.8 Å². The number of rotatable bonds is 10. The highest BCUT2D eigenvalue weighted by Gasteiger charge is 2.46. The molecule has 3 atom stereocenters. The van der Waals surface area contributed by atoms with Crippen LogP contribution in [0.25, 0.3) is 0 Å². The fourth-order valence-corrected chi connectivity index (χ4v) is 10.7. The molecule has 1 aliphatic heterocycles. The Bertz CT molecular complexity index is 747. The molecule has 2 rings (SSSR count). The predicted octanol–water partition coefficient (Wildman–Crippen LogP) is 6.79. The first-order valence-electron chi connectivity index (χ1n) is 12.6. The molecule has 194 valence electrons. The zero-order valence-corrected chi connectivity index (χ0v) is 23.8. The summed E-state index contributed by atoms with van der Waals surface area (Å²) in [6, 6.07) is 7.65. The van der Waals surface area contributed by atoms with Gasteiger partial charge in [0, 0.05) is 12.0 Å². The van der Waals surface area contributed by atoms with Crippen molar-refractivity contribution in [3.05, 3.63) is 29.8 Å².